The molecule has 3 unspecified atom stereocenters. The van der Waals surface area contributed by atoms with Gasteiger partial charge >= 0.3 is 0 Å². The van der Waals surface area contributed by atoms with Gasteiger partial charge in [0.25, 0.3) is 0 Å². The van der Waals surface area contributed by atoms with Crippen molar-refractivity contribution in [2.24, 2.45) is 5.92 Å². The van der Waals surface area contributed by atoms with Gasteiger partial charge < -0.3 is 9.84 Å². The lowest BCUT2D eigenvalue weighted by Crippen LogP contribution is -2.50. The molecule has 94 valence electrons. The van der Waals surface area contributed by atoms with Crippen LogP contribution in [0.4, 0.5) is 0 Å². The molecule has 0 aromatic heterocycles. The molecule has 2 fully saturated rings. The Balaban J connectivity index is 1.85. The van der Waals surface area contributed by atoms with Gasteiger partial charge in [-0.05, 0) is 18.8 Å². The van der Waals surface area contributed by atoms with Crippen LogP contribution in [0.5, 0.6) is 0 Å². The normalized spacial score (nSPS) is 37.5. The summed E-state index contributed by atoms with van der Waals surface area (Å²) in [6.07, 6.45) is 6.87. The van der Waals surface area contributed by atoms with Gasteiger partial charge in [0, 0.05) is 19.1 Å². The molecule has 3 heteroatoms. The number of morpholine rings is 1. The second-order valence-electron chi connectivity index (χ2n) is 5.27. The zero-order chi connectivity index (χ0) is 11.4. The summed E-state index contributed by atoms with van der Waals surface area (Å²) >= 11 is 0. The predicted octanol–water partition coefficient (Wildman–Crippen LogP) is 1.65. The Hall–Kier alpha value is -0.120. The van der Waals surface area contributed by atoms with Gasteiger partial charge in [0.1, 0.15) is 0 Å². The number of aliphatic hydroxyl groups excluding tert-OH is 1. The average molecular weight is 227 g/mol. The maximum Gasteiger partial charge on any atom is 0.0932 e. The number of ether oxygens (including phenoxy) is 1. The lowest BCUT2D eigenvalue weighted by atomic mass is 9.83. The standard InChI is InChI=1S/C13H25NO2/c1-2-11-4-3-5-12(8-11)14-6-7-16-13(9-14)10-15/h11-13,15H,2-10H2,1H3. The van der Waals surface area contributed by atoms with Crippen molar-refractivity contribution in [3.63, 3.8) is 0 Å². The van der Waals surface area contributed by atoms with E-state index in [2.05, 4.69) is 11.8 Å². The summed E-state index contributed by atoms with van der Waals surface area (Å²) in [5.74, 6) is 0.925. The molecule has 1 aliphatic carbocycles. The molecule has 0 aromatic rings. The first-order chi connectivity index (χ1) is 7.83. The molecule has 0 radical (unpaired) electrons. The van der Waals surface area contributed by atoms with Crippen LogP contribution in [0.1, 0.15) is 39.0 Å². The summed E-state index contributed by atoms with van der Waals surface area (Å²) in [5.41, 5.74) is 0. The molecule has 16 heavy (non-hydrogen) atoms. The van der Waals surface area contributed by atoms with E-state index in [0.717, 1.165) is 31.7 Å². The van der Waals surface area contributed by atoms with E-state index in [1.807, 2.05) is 0 Å². The van der Waals surface area contributed by atoms with Crippen LogP contribution in [0.25, 0.3) is 0 Å². The SMILES string of the molecule is CCC1CCCC(N2CCOC(CO)C2)C1. The molecule has 3 atom stereocenters. The van der Waals surface area contributed by atoms with Gasteiger partial charge in [0.2, 0.25) is 0 Å². The quantitative estimate of drug-likeness (QED) is 0.795. The maximum absolute atomic E-state index is 9.15. The molecule has 0 bridgehead atoms. The number of rotatable bonds is 3. The van der Waals surface area contributed by atoms with Crippen molar-refractivity contribution in [3.8, 4) is 0 Å². The molecule has 1 N–H and O–H groups in total. The van der Waals surface area contributed by atoms with E-state index in [1.165, 1.54) is 32.1 Å². The third-order valence-corrected chi connectivity index (χ3v) is 4.22. The van der Waals surface area contributed by atoms with E-state index in [-0.39, 0.29) is 12.7 Å². The van der Waals surface area contributed by atoms with E-state index < -0.39 is 0 Å². The van der Waals surface area contributed by atoms with E-state index in [1.54, 1.807) is 0 Å². The van der Waals surface area contributed by atoms with Crippen molar-refractivity contribution in [3.05, 3.63) is 0 Å². The number of aliphatic hydroxyl groups is 1. The molecule has 1 saturated carbocycles. The van der Waals surface area contributed by atoms with E-state index >= 15 is 0 Å². The van der Waals surface area contributed by atoms with Gasteiger partial charge in [-0.1, -0.05) is 26.2 Å². The van der Waals surface area contributed by atoms with Crippen LogP contribution >= 0.6 is 0 Å². The maximum atomic E-state index is 9.15. The molecular weight excluding hydrogens is 202 g/mol. The number of nitrogens with zero attached hydrogens (tertiary/aromatic N) is 1. The first-order valence-corrected chi connectivity index (χ1v) is 6.80. The van der Waals surface area contributed by atoms with Gasteiger partial charge in [-0.15, -0.1) is 0 Å². The Labute approximate surface area is 98.8 Å². The smallest absolute Gasteiger partial charge is 0.0932 e. The monoisotopic (exact) mass is 227 g/mol. The molecule has 2 aliphatic rings. The first kappa shape index (κ1) is 12.3. The fraction of sp³-hybridized carbons (Fsp3) is 1.00. The summed E-state index contributed by atoms with van der Waals surface area (Å²) in [6.45, 7) is 5.25. The van der Waals surface area contributed by atoms with Crippen molar-refractivity contribution in [1.82, 2.24) is 4.90 Å². The van der Waals surface area contributed by atoms with Crippen molar-refractivity contribution >= 4 is 0 Å². The lowest BCUT2D eigenvalue weighted by molar-refractivity contribution is -0.0709. The van der Waals surface area contributed by atoms with Crippen molar-refractivity contribution in [1.29, 1.82) is 0 Å². The number of hydrogen-bond acceptors (Lipinski definition) is 3. The fourth-order valence-corrected chi connectivity index (χ4v) is 3.15. The van der Waals surface area contributed by atoms with Gasteiger partial charge in [-0.2, -0.15) is 0 Å². The summed E-state index contributed by atoms with van der Waals surface area (Å²) in [5, 5.41) is 9.15. The molecule has 1 heterocycles. The van der Waals surface area contributed by atoms with Crippen LogP contribution < -0.4 is 0 Å². The Morgan fingerprint density at radius 3 is 3.00 bits per heavy atom. The lowest BCUT2D eigenvalue weighted by Gasteiger charge is -2.41. The van der Waals surface area contributed by atoms with E-state index in [9.17, 15) is 0 Å². The molecular formula is C13H25NO2. The second-order valence-corrected chi connectivity index (χ2v) is 5.27. The van der Waals surface area contributed by atoms with Crippen molar-refractivity contribution in [2.75, 3.05) is 26.3 Å². The average Bonchev–Trinajstić information content (AvgIpc) is 2.39. The van der Waals surface area contributed by atoms with E-state index in [4.69, 9.17) is 9.84 Å². The molecule has 1 aliphatic heterocycles. The topological polar surface area (TPSA) is 32.7 Å². The zero-order valence-electron chi connectivity index (χ0n) is 10.4. The van der Waals surface area contributed by atoms with Crippen LogP contribution in [0.3, 0.4) is 0 Å². The highest BCUT2D eigenvalue weighted by Gasteiger charge is 2.29. The number of hydrogen-bond donors (Lipinski definition) is 1. The summed E-state index contributed by atoms with van der Waals surface area (Å²) < 4.78 is 5.51. The predicted molar refractivity (Wildman–Crippen MR) is 64.4 cm³/mol. The van der Waals surface area contributed by atoms with Crippen LogP contribution in [0.2, 0.25) is 0 Å². The molecule has 3 nitrogen and oxygen atoms in total. The molecule has 0 amide bonds. The fourth-order valence-electron chi connectivity index (χ4n) is 3.15. The summed E-state index contributed by atoms with van der Waals surface area (Å²) in [7, 11) is 0. The molecule has 0 spiro atoms. The zero-order valence-corrected chi connectivity index (χ0v) is 10.4. The van der Waals surface area contributed by atoms with E-state index in [0.29, 0.717) is 0 Å². The van der Waals surface area contributed by atoms with Crippen LogP contribution in [-0.2, 0) is 4.74 Å². The Morgan fingerprint density at radius 1 is 1.38 bits per heavy atom. The van der Waals surface area contributed by atoms with Gasteiger partial charge in [-0.3, -0.25) is 4.90 Å². The van der Waals surface area contributed by atoms with Gasteiger partial charge in [0.05, 0.1) is 19.3 Å². The highest BCUT2D eigenvalue weighted by molar-refractivity contribution is 4.83. The largest absolute Gasteiger partial charge is 0.394 e. The highest BCUT2D eigenvalue weighted by Crippen LogP contribution is 2.30. The minimum Gasteiger partial charge on any atom is -0.394 e. The Morgan fingerprint density at radius 2 is 2.25 bits per heavy atom. The van der Waals surface area contributed by atoms with Gasteiger partial charge in [-0.25, -0.2) is 0 Å². The van der Waals surface area contributed by atoms with Crippen LogP contribution in [0, 0.1) is 5.92 Å². The first-order valence-electron chi connectivity index (χ1n) is 6.80. The molecule has 2 rings (SSSR count). The highest BCUT2D eigenvalue weighted by atomic mass is 16.5. The van der Waals surface area contributed by atoms with Crippen molar-refractivity contribution < 1.29 is 9.84 Å². The minimum atomic E-state index is 0.0516. The van der Waals surface area contributed by atoms with Crippen LogP contribution in [0.15, 0.2) is 0 Å². The molecule has 1 saturated heterocycles. The van der Waals surface area contributed by atoms with Gasteiger partial charge in [0.15, 0.2) is 0 Å². The summed E-state index contributed by atoms with van der Waals surface area (Å²) in [4.78, 5) is 2.55. The third kappa shape index (κ3) is 2.96. The minimum absolute atomic E-state index is 0.0516. The Bertz CT molecular complexity index is 188. The Kier molecular flexibility index (Phi) is 4.62. The van der Waals surface area contributed by atoms with Crippen molar-refractivity contribution in [2.45, 2.75) is 51.2 Å². The molecule has 0 aromatic carbocycles. The van der Waals surface area contributed by atoms with Crippen LogP contribution in [-0.4, -0.2) is 48.5 Å². The third-order valence-electron chi connectivity index (χ3n) is 4.22. The second kappa shape index (κ2) is 5.99. The summed E-state index contributed by atoms with van der Waals surface area (Å²) in [6, 6.07) is 0.747.